The fraction of sp³-hybridized carbons (Fsp3) is 0.500. The molecule has 1 unspecified atom stereocenters. The molecule has 0 aliphatic carbocycles. The predicted molar refractivity (Wildman–Crippen MR) is 70.4 cm³/mol. The van der Waals surface area contributed by atoms with E-state index in [0.717, 1.165) is 12.0 Å². The minimum atomic E-state index is 0.172. The second-order valence-electron chi connectivity index (χ2n) is 4.45. The third-order valence-corrected chi connectivity index (χ3v) is 3.06. The summed E-state index contributed by atoms with van der Waals surface area (Å²) in [6.07, 6.45) is 1.51. The van der Waals surface area contributed by atoms with Crippen LogP contribution in [0.15, 0.2) is 30.3 Å². The van der Waals surface area contributed by atoms with Gasteiger partial charge in [-0.25, -0.2) is 0 Å². The van der Waals surface area contributed by atoms with Crippen molar-refractivity contribution in [3.8, 4) is 0 Å². The summed E-state index contributed by atoms with van der Waals surface area (Å²) in [5, 5.41) is 0. The maximum absolute atomic E-state index is 11.9. The van der Waals surface area contributed by atoms with Crippen LogP contribution < -0.4 is 5.73 Å². The van der Waals surface area contributed by atoms with Crippen LogP contribution in [0.1, 0.15) is 25.3 Å². The van der Waals surface area contributed by atoms with Crippen molar-refractivity contribution in [1.82, 2.24) is 4.90 Å². The molecule has 94 valence electrons. The zero-order valence-corrected chi connectivity index (χ0v) is 10.7. The van der Waals surface area contributed by atoms with Gasteiger partial charge in [0.15, 0.2) is 0 Å². The van der Waals surface area contributed by atoms with E-state index in [9.17, 15) is 4.79 Å². The molecule has 3 heteroatoms. The maximum atomic E-state index is 11.9. The smallest absolute Gasteiger partial charge is 0.222 e. The summed E-state index contributed by atoms with van der Waals surface area (Å²) < 4.78 is 0. The van der Waals surface area contributed by atoms with E-state index < -0.39 is 0 Å². The van der Waals surface area contributed by atoms with Crippen molar-refractivity contribution in [3.05, 3.63) is 35.9 Å². The van der Waals surface area contributed by atoms with Crippen LogP contribution in [-0.2, 0) is 11.3 Å². The quantitative estimate of drug-likeness (QED) is 0.818. The van der Waals surface area contributed by atoms with Crippen LogP contribution in [0.4, 0.5) is 0 Å². The van der Waals surface area contributed by atoms with Gasteiger partial charge in [0.05, 0.1) is 0 Å². The number of nitrogens with two attached hydrogens (primary N) is 1. The third kappa shape index (κ3) is 4.57. The van der Waals surface area contributed by atoms with Crippen LogP contribution in [0.25, 0.3) is 0 Å². The first-order valence-corrected chi connectivity index (χ1v) is 6.15. The Kier molecular flexibility index (Phi) is 5.70. The van der Waals surface area contributed by atoms with Gasteiger partial charge in [-0.1, -0.05) is 43.7 Å². The molecule has 3 nitrogen and oxygen atoms in total. The molecule has 0 aliphatic rings. The summed E-state index contributed by atoms with van der Waals surface area (Å²) in [4.78, 5) is 13.7. The Balaban J connectivity index is 2.47. The van der Waals surface area contributed by atoms with Crippen LogP contribution in [0.5, 0.6) is 0 Å². The van der Waals surface area contributed by atoms with Crippen LogP contribution >= 0.6 is 0 Å². The predicted octanol–water partition coefficient (Wildman–Crippen LogP) is 2.02. The molecule has 1 aromatic carbocycles. The molecule has 0 bridgehead atoms. The molecule has 0 heterocycles. The number of carbonyl (C=O) groups is 1. The molecule has 1 atom stereocenters. The molecule has 0 saturated heterocycles. The highest BCUT2D eigenvalue weighted by Crippen LogP contribution is 2.10. The molecular formula is C14H22N2O. The molecule has 2 N–H and O–H groups in total. The van der Waals surface area contributed by atoms with Crippen LogP contribution in [0, 0.1) is 5.92 Å². The average Bonchev–Trinajstić information content (AvgIpc) is 2.36. The molecule has 0 saturated carbocycles. The van der Waals surface area contributed by atoms with Gasteiger partial charge in [0.2, 0.25) is 5.91 Å². The molecule has 0 aromatic heterocycles. The van der Waals surface area contributed by atoms with Crippen molar-refractivity contribution in [2.75, 3.05) is 13.6 Å². The van der Waals surface area contributed by atoms with E-state index in [4.69, 9.17) is 5.73 Å². The second kappa shape index (κ2) is 7.07. The lowest BCUT2D eigenvalue weighted by Gasteiger charge is -2.20. The maximum Gasteiger partial charge on any atom is 0.222 e. The number of rotatable bonds is 6. The minimum Gasteiger partial charge on any atom is -0.341 e. The largest absolute Gasteiger partial charge is 0.341 e. The van der Waals surface area contributed by atoms with Crippen molar-refractivity contribution >= 4 is 5.91 Å². The van der Waals surface area contributed by atoms with Crippen LogP contribution in [-0.4, -0.2) is 24.4 Å². The fourth-order valence-electron chi connectivity index (χ4n) is 1.74. The Morgan fingerprint density at radius 3 is 2.53 bits per heavy atom. The topological polar surface area (TPSA) is 46.3 Å². The van der Waals surface area contributed by atoms with Crippen molar-refractivity contribution in [3.63, 3.8) is 0 Å². The lowest BCUT2D eigenvalue weighted by Crippen LogP contribution is -2.29. The fourth-order valence-corrected chi connectivity index (χ4v) is 1.74. The molecule has 1 aromatic rings. The average molecular weight is 234 g/mol. The van der Waals surface area contributed by atoms with Crippen molar-refractivity contribution in [1.29, 1.82) is 0 Å². The van der Waals surface area contributed by atoms with Gasteiger partial charge in [0, 0.05) is 20.0 Å². The molecule has 1 amide bonds. The number of nitrogens with zero attached hydrogens (tertiary/aromatic N) is 1. The van der Waals surface area contributed by atoms with Crippen LogP contribution in [0.2, 0.25) is 0 Å². The van der Waals surface area contributed by atoms with Gasteiger partial charge in [-0.05, 0) is 18.0 Å². The molecule has 0 fully saturated rings. The SMILES string of the molecule is CCC(CN)CC(=O)N(C)Cc1ccccc1. The number of amides is 1. The molecule has 0 aliphatic heterocycles. The van der Waals surface area contributed by atoms with Gasteiger partial charge in [0.25, 0.3) is 0 Å². The minimum absolute atomic E-state index is 0.172. The first-order valence-electron chi connectivity index (χ1n) is 6.15. The van der Waals surface area contributed by atoms with E-state index in [1.807, 2.05) is 37.4 Å². The van der Waals surface area contributed by atoms with E-state index in [0.29, 0.717) is 25.4 Å². The first-order chi connectivity index (χ1) is 8.17. The zero-order valence-electron chi connectivity index (χ0n) is 10.7. The number of hydrogen-bond donors (Lipinski definition) is 1. The normalized spacial score (nSPS) is 12.2. The number of benzene rings is 1. The highest BCUT2D eigenvalue weighted by molar-refractivity contribution is 5.76. The first kappa shape index (κ1) is 13.7. The lowest BCUT2D eigenvalue weighted by atomic mass is 10.0. The number of carbonyl (C=O) groups excluding carboxylic acids is 1. The van der Waals surface area contributed by atoms with E-state index in [2.05, 4.69) is 6.92 Å². The Morgan fingerprint density at radius 1 is 1.35 bits per heavy atom. The third-order valence-electron chi connectivity index (χ3n) is 3.06. The Bertz CT molecular complexity index is 333. The van der Waals surface area contributed by atoms with Crippen LogP contribution in [0.3, 0.4) is 0 Å². The van der Waals surface area contributed by atoms with Gasteiger partial charge in [-0.2, -0.15) is 0 Å². The summed E-state index contributed by atoms with van der Waals surface area (Å²) in [7, 11) is 1.85. The van der Waals surface area contributed by atoms with Crippen molar-refractivity contribution < 1.29 is 4.79 Å². The zero-order chi connectivity index (χ0) is 12.7. The van der Waals surface area contributed by atoms with Gasteiger partial charge >= 0.3 is 0 Å². The summed E-state index contributed by atoms with van der Waals surface area (Å²) >= 11 is 0. The van der Waals surface area contributed by atoms with E-state index in [1.165, 1.54) is 0 Å². The molecule has 1 rings (SSSR count). The highest BCUT2D eigenvalue weighted by atomic mass is 16.2. The van der Waals surface area contributed by atoms with Crippen molar-refractivity contribution in [2.24, 2.45) is 11.7 Å². The summed E-state index contributed by atoms with van der Waals surface area (Å²) in [6.45, 7) is 3.32. The van der Waals surface area contributed by atoms with Crippen molar-refractivity contribution in [2.45, 2.75) is 26.3 Å². The molecule has 17 heavy (non-hydrogen) atoms. The monoisotopic (exact) mass is 234 g/mol. The summed E-state index contributed by atoms with van der Waals surface area (Å²) in [5.41, 5.74) is 6.77. The molecule has 0 spiro atoms. The second-order valence-corrected chi connectivity index (χ2v) is 4.45. The van der Waals surface area contributed by atoms with Gasteiger partial charge in [-0.3, -0.25) is 4.79 Å². The van der Waals surface area contributed by atoms with Gasteiger partial charge in [-0.15, -0.1) is 0 Å². The molecular weight excluding hydrogens is 212 g/mol. The molecule has 0 radical (unpaired) electrons. The Morgan fingerprint density at radius 2 is 2.00 bits per heavy atom. The standard InChI is InChI=1S/C14H22N2O/c1-3-12(10-15)9-14(17)16(2)11-13-7-5-4-6-8-13/h4-8,12H,3,9-11,15H2,1-2H3. The Hall–Kier alpha value is -1.35. The van der Waals surface area contributed by atoms with E-state index >= 15 is 0 Å². The summed E-state index contributed by atoms with van der Waals surface area (Å²) in [5.74, 6) is 0.479. The highest BCUT2D eigenvalue weighted by Gasteiger charge is 2.14. The van der Waals surface area contributed by atoms with Gasteiger partial charge in [0.1, 0.15) is 0 Å². The van der Waals surface area contributed by atoms with E-state index in [1.54, 1.807) is 4.90 Å². The van der Waals surface area contributed by atoms with Gasteiger partial charge < -0.3 is 10.6 Å². The number of hydrogen-bond acceptors (Lipinski definition) is 2. The lowest BCUT2D eigenvalue weighted by molar-refractivity contribution is -0.131. The Labute approximate surface area is 104 Å². The summed E-state index contributed by atoms with van der Waals surface area (Å²) in [6, 6.07) is 10.0. The van der Waals surface area contributed by atoms with E-state index in [-0.39, 0.29) is 5.91 Å².